The number of halogens is 2. The van der Waals surface area contributed by atoms with Crippen molar-refractivity contribution in [3.05, 3.63) is 71.3 Å². The van der Waals surface area contributed by atoms with Crippen molar-refractivity contribution in [2.24, 2.45) is 5.73 Å². The van der Waals surface area contributed by atoms with Gasteiger partial charge in [0.15, 0.2) is 11.6 Å². The lowest BCUT2D eigenvalue weighted by molar-refractivity contribution is 0.416. The van der Waals surface area contributed by atoms with Crippen molar-refractivity contribution < 1.29 is 8.78 Å². The number of nitrogens with two attached hydrogens (primary N) is 1. The molecular weight excluding hydrogens is 256 g/mol. The molecule has 2 aromatic rings. The standard InChI is InChI=1S/C17H19F2N/c1-2-17(12-20,14-6-4-3-5-7-14)11-13-8-9-15(18)16(19)10-13/h3-10H,2,11-12,20H2,1H3. The van der Waals surface area contributed by atoms with Crippen molar-refractivity contribution in [1.82, 2.24) is 0 Å². The first-order valence-corrected chi connectivity index (χ1v) is 6.81. The summed E-state index contributed by atoms with van der Waals surface area (Å²) in [6, 6.07) is 14.0. The lowest BCUT2D eigenvalue weighted by Gasteiger charge is -2.32. The second-order valence-corrected chi connectivity index (χ2v) is 5.13. The van der Waals surface area contributed by atoms with Crippen molar-refractivity contribution in [2.75, 3.05) is 6.54 Å². The molecule has 0 aliphatic carbocycles. The maximum atomic E-state index is 13.4. The fourth-order valence-electron chi connectivity index (χ4n) is 2.60. The van der Waals surface area contributed by atoms with Crippen molar-refractivity contribution in [2.45, 2.75) is 25.2 Å². The minimum absolute atomic E-state index is 0.245. The predicted octanol–water partition coefficient (Wildman–Crippen LogP) is 3.81. The highest BCUT2D eigenvalue weighted by Gasteiger charge is 2.29. The smallest absolute Gasteiger partial charge is 0.159 e. The second kappa shape index (κ2) is 6.14. The Morgan fingerprint density at radius 3 is 2.25 bits per heavy atom. The molecule has 106 valence electrons. The van der Waals surface area contributed by atoms with E-state index in [9.17, 15) is 8.78 Å². The zero-order valence-corrected chi connectivity index (χ0v) is 11.6. The summed E-state index contributed by atoms with van der Waals surface area (Å²) in [6.45, 7) is 2.53. The van der Waals surface area contributed by atoms with Crippen LogP contribution in [0.1, 0.15) is 24.5 Å². The molecule has 2 rings (SSSR count). The third-order valence-corrected chi connectivity index (χ3v) is 3.98. The van der Waals surface area contributed by atoms with Gasteiger partial charge in [-0.05, 0) is 36.1 Å². The first-order chi connectivity index (χ1) is 9.61. The topological polar surface area (TPSA) is 26.0 Å². The summed E-state index contributed by atoms with van der Waals surface area (Å²) in [6.07, 6.45) is 1.44. The van der Waals surface area contributed by atoms with Gasteiger partial charge in [0.25, 0.3) is 0 Å². The van der Waals surface area contributed by atoms with Crippen molar-refractivity contribution >= 4 is 0 Å². The molecule has 2 N–H and O–H groups in total. The maximum absolute atomic E-state index is 13.4. The van der Waals surface area contributed by atoms with Gasteiger partial charge < -0.3 is 5.73 Å². The van der Waals surface area contributed by atoms with E-state index in [4.69, 9.17) is 5.73 Å². The van der Waals surface area contributed by atoms with Crippen molar-refractivity contribution in [1.29, 1.82) is 0 Å². The maximum Gasteiger partial charge on any atom is 0.159 e. The Morgan fingerprint density at radius 1 is 1.00 bits per heavy atom. The number of hydrogen-bond acceptors (Lipinski definition) is 1. The first-order valence-electron chi connectivity index (χ1n) is 6.81. The van der Waals surface area contributed by atoms with E-state index in [1.807, 2.05) is 30.3 Å². The highest BCUT2D eigenvalue weighted by Crippen LogP contribution is 2.31. The number of hydrogen-bond donors (Lipinski definition) is 1. The number of benzene rings is 2. The van der Waals surface area contributed by atoms with E-state index in [1.54, 1.807) is 6.07 Å². The fourth-order valence-corrected chi connectivity index (χ4v) is 2.60. The van der Waals surface area contributed by atoms with Gasteiger partial charge in [-0.25, -0.2) is 8.78 Å². The SMILES string of the molecule is CCC(CN)(Cc1ccc(F)c(F)c1)c1ccccc1. The number of rotatable bonds is 5. The normalized spacial score (nSPS) is 14.0. The van der Waals surface area contributed by atoms with Gasteiger partial charge in [-0.15, -0.1) is 0 Å². The fraction of sp³-hybridized carbons (Fsp3) is 0.294. The molecule has 0 fully saturated rings. The molecule has 2 aromatic carbocycles. The zero-order valence-electron chi connectivity index (χ0n) is 11.6. The highest BCUT2D eigenvalue weighted by molar-refractivity contribution is 5.30. The van der Waals surface area contributed by atoms with Gasteiger partial charge in [-0.2, -0.15) is 0 Å². The van der Waals surface area contributed by atoms with Crippen LogP contribution in [0.15, 0.2) is 48.5 Å². The molecule has 1 nitrogen and oxygen atoms in total. The largest absolute Gasteiger partial charge is 0.330 e. The van der Waals surface area contributed by atoms with Crippen molar-refractivity contribution in [3.8, 4) is 0 Å². The van der Waals surface area contributed by atoms with Crippen LogP contribution >= 0.6 is 0 Å². The summed E-state index contributed by atoms with van der Waals surface area (Å²) in [4.78, 5) is 0. The molecule has 0 saturated carbocycles. The van der Waals surface area contributed by atoms with E-state index in [0.717, 1.165) is 17.5 Å². The minimum Gasteiger partial charge on any atom is -0.330 e. The van der Waals surface area contributed by atoms with Crippen LogP contribution < -0.4 is 5.73 Å². The Balaban J connectivity index is 2.36. The molecule has 1 unspecified atom stereocenters. The summed E-state index contributed by atoms with van der Waals surface area (Å²) >= 11 is 0. The van der Waals surface area contributed by atoms with Gasteiger partial charge in [0.2, 0.25) is 0 Å². The first kappa shape index (κ1) is 14.7. The van der Waals surface area contributed by atoms with E-state index in [-0.39, 0.29) is 5.41 Å². The Labute approximate surface area is 118 Å². The van der Waals surface area contributed by atoms with Crippen LogP contribution in [-0.2, 0) is 11.8 Å². The molecule has 3 heteroatoms. The van der Waals surface area contributed by atoms with Crippen LogP contribution in [0.25, 0.3) is 0 Å². The Morgan fingerprint density at radius 2 is 1.70 bits per heavy atom. The lowest BCUT2D eigenvalue weighted by Crippen LogP contribution is -2.36. The van der Waals surface area contributed by atoms with Crippen molar-refractivity contribution in [3.63, 3.8) is 0 Å². The Hall–Kier alpha value is -1.74. The molecule has 1 atom stereocenters. The quantitative estimate of drug-likeness (QED) is 0.882. The molecule has 0 aliphatic heterocycles. The molecule has 0 aliphatic rings. The molecule has 20 heavy (non-hydrogen) atoms. The monoisotopic (exact) mass is 275 g/mol. The van der Waals surface area contributed by atoms with Gasteiger partial charge >= 0.3 is 0 Å². The molecule has 0 aromatic heterocycles. The van der Waals surface area contributed by atoms with Crippen LogP contribution in [0.4, 0.5) is 8.78 Å². The minimum atomic E-state index is -0.816. The average Bonchev–Trinajstić information content (AvgIpc) is 2.49. The van der Waals surface area contributed by atoms with Crippen LogP contribution in [0, 0.1) is 11.6 Å². The van der Waals surface area contributed by atoms with Gasteiger partial charge in [0.05, 0.1) is 0 Å². The molecular formula is C17H19F2N. The summed E-state index contributed by atoms with van der Waals surface area (Å²) in [7, 11) is 0. The van der Waals surface area contributed by atoms with E-state index >= 15 is 0 Å². The average molecular weight is 275 g/mol. The zero-order chi connectivity index (χ0) is 14.6. The summed E-state index contributed by atoms with van der Waals surface area (Å²) < 4.78 is 26.4. The Kier molecular flexibility index (Phi) is 4.50. The molecule has 0 amide bonds. The second-order valence-electron chi connectivity index (χ2n) is 5.13. The molecule has 0 spiro atoms. The third-order valence-electron chi connectivity index (χ3n) is 3.98. The van der Waals surface area contributed by atoms with Gasteiger partial charge in [-0.1, -0.05) is 43.3 Å². The molecule has 0 heterocycles. The van der Waals surface area contributed by atoms with Gasteiger partial charge in [0.1, 0.15) is 0 Å². The van der Waals surface area contributed by atoms with Crippen LogP contribution in [0.3, 0.4) is 0 Å². The van der Waals surface area contributed by atoms with E-state index < -0.39 is 11.6 Å². The van der Waals surface area contributed by atoms with Crippen LogP contribution in [-0.4, -0.2) is 6.54 Å². The van der Waals surface area contributed by atoms with E-state index in [2.05, 4.69) is 6.92 Å². The molecule has 0 saturated heterocycles. The van der Waals surface area contributed by atoms with Crippen LogP contribution in [0.5, 0.6) is 0 Å². The lowest BCUT2D eigenvalue weighted by atomic mass is 9.73. The van der Waals surface area contributed by atoms with E-state index in [1.165, 1.54) is 12.1 Å². The van der Waals surface area contributed by atoms with Gasteiger partial charge in [-0.3, -0.25) is 0 Å². The highest BCUT2D eigenvalue weighted by atomic mass is 19.2. The van der Waals surface area contributed by atoms with Gasteiger partial charge in [0, 0.05) is 12.0 Å². The van der Waals surface area contributed by atoms with E-state index in [0.29, 0.717) is 13.0 Å². The summed E-state index contributed by atoms with van der Waals surface area (Å²) in [5.41, 5.74) is 7.65. The predicted molar refractivity (Wildman–Crippen MR) is 77.5 cm³/mol. The molecule has 0 bridgehead atoms. The Bertz CT molecular complexity index is 562. The third kappa shape index (κ3) is 2.88. The van der Waals surface area contributed by atoms with Crippen LogP contribution in [0.2, 0.25) is 0 Å². The summed E-state index contributed by atoms with van der Waals surface area (Å²) in [5.74, 6) is -1.62. The summed E-state index contributed by atoms with van der Waals surface area (Å²) in [5, 5.41) is 0. The molecule has 0 radical (unpaired) electrons.